The molecule has 0 atom stereocenters. The summed E-state index contributed by atoms with van der Waals surface area (Å²) in [4.78, 5) is 27.9. The van der Waals surface area contributed by atoms with Crippen molar-refractivity contribution in [3.8, 4) is 5.75 Å². The van der Waals surface area contributed by atoms with Crippen LogP contribution in [-0.4, -0.2) is 52.1 Å². The van der Waals surface area contributed by atoms with Crippen LogP contribution in [0.25, 0.3) is 22.6 Å². The Kier molecular flexibility index (Phi) is 4.31. The van der Waals surface area contributed by atoms with Gasteiger partial charge in [0, 0.05) is 25.8 Å². The van der Waals surface area contributed by atoms with Gasteiger partial charge >= 0.3 is 5.97 Å². The van der Waals surface area contributed by atoms with Crippen LogP contribution in [0.1, 0.15) is 17.0 Å². The predicted molar refractivity (Wildman–Crippen MR) is 103 cm³/mol. The third kappa shape index (κ3) is 3.15. The number of rotatable bonds is 4. The quantitative estimate of drug-likeness (QED) is 0.512. The van der Waals surface area contributed by atoms with E-state index in [0.717, 1.165) is 43.8 Å². The molecular weight excluding hydrogens is 356 g/mol. The van der Waals surface area contributed by atoms with Gasteiger partial charge in [-0.15, -0.1) is 0 Å². The van der Waals surface area contributed by atoms with Crippen molar-refractivity contribution < 1.29 is 14.3 Å². The van der Waals surface area contributed by atoms with Crippen LogP contribution in [0, 0.1) is 0 Å². The molecular formula is C21H18N4O3. The predicted octanol–water partition coefficient (Wildman–Crippen LogP) is 2.32. The monoisotopic (exact) mass is 374 g/mol. The molecule has 0 amide bonds. The minimum Gasteiger partial charge on any atom is -0.423 e. The van der Waals surface area contributed by atoms with E-state index < -0.39 is 5.97 Å². The number of ether oxygens (including phenoxy) is 2. The lowest BCUT2D eigenvalue weighted by atomic mass is 10.2. The van der Waals surface area contributed by atoms with Gasteiger partial charge in [-0.05, 0) is 29.8 Å². The summed E-state index contributed by atoms with van der Waals surface area (Å²) in [7, 11) is 0. The van der Waals surface area contributed by atoms with Crippen LogP contribution in [0.5, 0.6) is 5.75 Å². The van der Waals surface area contributed by atoms with E-state index in [0.29, 0.717) is 22.7 Å². The van der Waals surface area contributed by atoms with Gasteiger partial charge < -0.3 is 9.47 Å². The van der Waals surface area contributed by atoms with Crippen LogP contribution in [0.4, 0.5) is 0 Å². The number of nitrogens with zero attached hydrogens (tertiary/aromatic N) is 4. The molecule has 1 fully saturated rings. The Bertz CT molecular complexity index is 1070. The highest BCUT2D eigenvalue weighted by Crippen LogP contribution is 2.33. The van der Waals surface area contributed by atoms with Gasteiger partial charge in [0.25, 0.3) is 0 Å². The lowest BCUT2D eigenvalue weighted by molar-refractivity contribution is -0.127. The molecule has 0 unspecified atom stereocenters. The molecule has 0 saturated carbocycles. The van der Waals surface area contributed by atoms with Crippen molar-refractivity contribution in [1.82, 2.24) is 19.9 Å². The van der Waals surface area contributed by atoms with E-state index in [1.807, 2.05) is 24.3 Å². The fourth-order valence-electron chi connectivity index (χ4n) is 3.55. The van der Waals surface area contributed by atoms with Crippen molar-refractivity contribution >= 4 is 28.5 Å². The Morgan fingerprint density at radius 2 is 1.89 bits per heavy atom. The van der Waals surface area contributed by atoms with E-state index in [1.54, 1.807) is 18.3 Å². The first-order chi connectivity index (χ1) is 13.8. The number of pyridine rings is 1. The SMILES string of the molecule is O=C(Oc1ccc(CN2CCOCC2)cc1)C1=Cc2nccc3ncnc1c23. The number of carbonyl (C=O) groups is 1. The topological polar surface area (TPSA) is 77.4 Å². The first-order valence-corrected chi connectivity index (χ1v) is 9.21. The number of aromatic nitrogens is 3. The van der Waals surface area contributed by atoms with Crippen LogP contribution >= 0.6 is 0 Å². The zero-order valence-electron chi connectivity index (χ0n) is 15.2. The lowest BCUT2D eigenvalue weighted by Gasteiger charge is -2.26. The normalized spacial score (nSPS) is 16.2. The van der Waals surface area contributed by atoms with E-state index in [-0.39, 0.29) is 0 Å². The summed E-state index contributed by atoms with van der Waals surface area (Å²) in [6.45, 7) is 4.29. The number of hydrogen-bond acceptors (Lipinski definition) is 7. The van der Waals surface area contributed by atoms with E-state index in [1.165, 1.54) is 11.9 Å². The van der Waals surface area contributed by atoms with Gasteiger partial charge in [-0.2, -0.15) is 0 Å². The lowest BCUT2D eigenvalue weighted by Crippen LogP contribution is -2.35. The first kappa shape index (κ1) is 17.0. The Hall–Kier alpha value is -3.16. The molecule has 3 heterocycles. The summed E-state index contributed by atoms with van der Waals surface area (Å²) in [5.74, 6) is 0.0600. The van der Waals surface area contributed by atoms with Crippen molar-refractivity contribution in [3.63, 3.8) is 0 Å². The van der Waals surface area contributed by atoms with E-state index in [2.05, 4.69) is 19.9 Å². The van der Waals surface area contributed by atoms with Gasteiger partial charge in [0.15, 0.2) is 0 Å². The summed E-state index contributed by atoms with van der Waals surface area (Å²) in [5.41, 5.74) is 3.61. The van der Waals surface area contributed by atoms with Crippen molar-refractivity contribution in [2.75, 3.05) is 26.3 Å². The van der Waals surface area contributed by atoms with E-state index in [9.17, 15) is 4.79 Å². The maximum atomic E-state index is 12.7. The van der Waals surface area contributed by atoms with Crippen LogP contribution in [0.2, 0.25) is 0 Å². The average Bonchev–Trinajstić information content (AvgIpc) is 3.11. The summed E-state index contributed by atoms with van der Waals surface area (Å²) in [6.07, 6.45) is 4.84. The average molecular weight is 374 g/mol. The fourth-order valence-corrected chi connectivity index (χ4v) is 3.55. The number of hydrogen-bond donors (Lipinski definition) is 0. The second kappa shape index (κ2) is 7.10. The Labute approximate surface area is 161 Å². The van der Waals surface area contributed by atoms with Gasteiger partial charge in [-0.3, -0.25) is 9.88 Å². The molecule has 1 saturated heterocycles. The van der Waals surface area contributed by atoms with Crippen molar-refractivity contribution in [3.05, 3.63) is 59.8 Å². The number of benzene rings is 1. The number of esters is 1. The summed E-state index contributed by atoms with van der Waals surface area (Å²) in [5, 5.41) is 0.790. The summed E-state index contributed by atoms with van der Waals surface area (Å²) in [6, 6.07) is 9.42. The molecule has 1 aliphatic heterocycles. The van der Waals surface area contributed by atoms with Crippen LogP contribution in [-0.2, 0) is 16.1 Å². The van der Waals surface area contributed by atoms with Crippen molar-refractivity contribution in [1.29, 1.82) is 0 Å². The minimum atomic E-state index is -0.445. The largest absolute Gasteiger partial charge is 0.423 e. The molecule has 5 rings (SSSR count). The maximum Gasteiger partial charge on any atom is 0.345 e. The molecule has 7 heteroatoms. The molecule has 2 aromatic heterocycles. The van der Waals surface area contributed by atoms with Crippen LogP contribution in [0.3, 0.4) is 0 Å². The molecule has 0 radical (unpaired) electrons. The highest BCUT2D eigenvalue weighted by Gasteiger charge is 2.26. The Morgan fingerprint density at radius 3 is 2.71 bits per heavy atom. The third-order valence-corrected chi connectivity index (χ3v) is 4.98. The highest BCUT2D eigenvalue weighted by molar-refractivity contribution is 6.28. The molecule has 0 spiro atoms. The second-order valence-electron chi connectivity index (χ2n) is 6.79. The zero-order chi connectivity index (χ0) is 18.9. The molecule has 3 aromatic rings. The number of carbonyl (C=O) groups excluding carboxylic acids is 1. The van der Waals surface area contributed by atoms with E-state index in [4.69, 9.17) is 9.47 Å². The van der Waals surface area contributed by atoms with Gasteiger partial charge in [0.05, 0.1) is 41.1 Å². The van der Waals surface area contributed by atoms with Gasteiger partial charge in [0.1, 0.15) is 12.1 Å². The second-order valence-corrected chi connectivity index (χ2v) is 6.79. The maximum absolute atomic E-state index is 12.7. The summed E-state index contributed by atoms with van der Waals surface area (Å²) < 4.78 is 11.0. The molecule has 1 aromatic carbocycles. The van der Waals surface area contributed by atoms with Crippen LogP contribution in [0.15, 0.2) is 42.9 Å². The zero-order valence-corrected chi connectivity index (χ0v) is 15.2. The highest BCUT2D eigenvalue weighted by atomic mass is 16.5. The smallest absolute Gasteiger partial charge is 0.345 e. The van der Waals surface area contributed by atoms with Crippen molar-refractivity contribution in [2.45, 2.75) is 6.54 Å². The van der Waals surface area contributed by atoms with Gasteiger partial charge in [-0.25, -0.2) is 14.8 Å². The van der Waals surface area contributed by atoms with Crippen molar-refractivity contribution in [2.24, 2.45) is 0 Å². The summed E-state index contributed by atoms with van der Waals surface area (Å²) >= 11 is 0. The van der Waals surface area contributed by atoms with E-state index >= 15 is 0 Å². The molecule has 7 nitrogen and oxygen atoms in total. The van der Waals surface area contributed by atoms with Gasteiger partial charge in [-0.1, -0.05) is 12.1 Å². The molecule has 1 aliphatic carbocycles. The molecule has 140 valence electrons. The molecule has 28 heavy (non-hydrogen) atoms. The van der Waals surface area contributed by atoms with Gasteiger partial charge in [0.2, 0.25) is 0 Å². The molecule has 2 aliphatic rings. The van der Waals surface area contributed by atoms with Crippen LogP contribution < -0.4 is 4.74 Å². The Morgan fingerprint density at radius 1 is 1.07 bits per heavy atom. The Balaban J connectivity index is 1.31. The fraction of sp³-hybridized carbons (Fsp3) is 0.238. The molecule has 0 N–H and O–H groups in total. The minimum absolute atomic E-state index is 0.401. The first-order valence-electron chi connectivity index (χ1n) is 9.21. The third-order valence-electron chi connectivity index (χ3n) is 4.98. The standard InChI is InChI=1S/C21H18N4O3/c26-21(16-11-18-19-17(5-6-22-18)23-13-24-20(16)19)28-15-3-1-14(2-4-15)12-25-7-9-27-10-8-25/h1-6,11,13H,7-10,12H2. The molecule has 0 bridgehead atoms. The number of morpholine rings is 1.